The molecule has 0 fully saturated rings. The first-order chi connectivity index (χ1) is 12.5. The van der Waals surface area contributed by atoms with Crippen molar-refractivity contribution in [3.8, 4) is 17.2 Å². The number of amides is 1. The Morgan fingerprint density at radius 1 is 1.00 bits per heavy atom. The highest BCUT2D eigenvalue weighted by Gasteiger charge is 2.22. The van der Waals surface area contributed by atoms with Gasteiger partial charge in [0.1, 0.15) is 5.75 Å². The normalized spacial score (nSPS) is 11.6. The molecule has 2 aromatic carbocycles. The lowest BCUT2D eigenvalue weighted by atomic mass is 10.0. The van der Waals surface area contributed by atoms with Crippen LogP contribution < -0.4 is 14.2 Å². The predicted molar refractivity (Wildman–Crippen MR) is 102 cm³/mol. The molecular formula is C21H27NO4. The summed E-state index contributed by atoms with van der Waals surface area (Å²) in [6, 6.07) is 12.9. The Morgan fingerprint density at radius 3 is 2.31 bits per heavy atom. The zero-order valence-electron chi connectivity index (χ0n) is 16.1. The molecule has 0 aliphatic carbocycles. The van der Waals surface area contributed by atoms with E-state index in [9.17, 15) is 4.79 Å². The molecule has 0 aromatic heterocycles. The van der Waals surface area contributed by atoms with Crippen molar-refractivity contribution in [2.75, 3.05) is 27.4 Å². The number of carbonyl (C=O) groups is 1. The number of methoxy groups -OCH3 is 1. The van der Waals surface area contributed by atoms with Crippen molar-refractivity contribution in [2.45, 2.75) is 26.8 Å². The number of hydrogen-bond donors (Lipinski definition) is 0. The number of para-hydroxylation sites is 1. The second-order valence-electron chi connectivity index (χ2n) is 5.86. The Balaban J connectivity index is 2.28. The molecule has 0 heterocycles. The summed E-state index contributed by atoms with van der Waals surface area (Å²) in [7, 11) is 3.42. The van der Waals surface area contributed by atoms with Gasteiger partial charge in [-0.2, -0.15) is 0 Å². The average Bonchev–Trinajstić information content (AvgIpc) is 2.67. The maximum atomic E-state index is 13.0. The number of carbonyl (C=O) groups excluding carboxylic acids is 1. The highest BCUT2D eigenvalue weighted by molar-refractivity contribution is 5.95. The van der Waals surface area contributed by atoms with Gasteiger partial charge in [0.2, 0.25) is 0 Å². The predicted octanol–water partition coefficient (Wildman–Crippen LogP) is 4.33. The number of rotatable bonds is 8. The van der Waals surface area contributed by atoms with Gasteiger partial charge in [0.25, 0.3) is 5.91 Å². The third kappa shape index (κ3) is 4.28. The summed E-state index contributed by atoms with van der Waals surface area (Å²) < 4.78 is 16.6. The Hall–Kier alpha value is -2.69. The molecule has 5 heteroatoms. The average molecular weight is 357 g/mol. The topological polar surface area (TPSA) is 48.0 Å². The van der Waals surface area contributed by atoms with Crippen LogP contribution in [-0.2, 0) is 0 Å². The van der Waals surface area contributed by atoms with Crippen LogP contribution in [0.5, 0.6) is 17.2 Å². The van der Waals surface area contributed by atoms with E-state index in [2.05, 4.69) is 0 Å². The summed E-state index contributed by atoms with van der Waals surface area (Å²) in [5.41, 5.74) is 1.52. The van der Waals surface area contributed by atoms with Crippen LogP contribution in [0.3, 0.4) is 0 Å². The highest BCUT2D eigenvalue weighted by Crippen LogP contribution is 2.32. The summed E-state index contributed by atoms with van der Waals surface area (Å²) in [6.07, 6.45) is 0. The summed E-state index contributed by atoms with van der Waals surface area (Å²) >= 11 is 0. The van der Waals surface area contributed by atoms with Crippen LogP contribution in [0.15, 0.2) is 42.5 Å². The summed E-state index contributed by atoms with van der Waals surface area (Å²) in [5.74, 6) is 1.90. The molecule has 0 bridgehead atoms. The lowest BCUT2D eigenvalue weighted by molar-refractivity contribution is 0.0740. The minimum Gasteiger partial charge on any atom is -0.496 e. The van der Waals surface area contributed by atoms with E-state index in [1.165, 1.54) is 0 Å². The number of benzene rings is 2. The third-order valence-corrected chi connectivity index (χ3v) is 4.28. The number of hydrogen-bond acceptors (Lipinski definition) is 4. The third-order valence-electron chi connectivity index (χ3n) is 4.28. The minimum atomic E-state index is -0.138. The summed E-state index contributed by atoms with van der Waals surface area (Å²) in [6.45, 7) is 6.84. The van der Waals surface area contributed by atoms with Gasteiger partial charge in [-0.05, 0) is 45.0 Å². The lowest BCUT2D eigenvalue weighted by Gasteiger charge is -2.27. The molecule has 1 amide bonds. The fourth-order valence-corrected chi connectivity index (χ4v) is 2.78. The van der Waals surface area contributed by atoms with Crippen molar-refractivity contribution in [3.63, 3.8) is 0 Å². The van der Waals surface area contributed by atoms with E-state index in [1.807, 2.05) is 45.0 Å². The molecule has 1 unspecified atom stereocenters. The zero-order valence-corrected chi connectivity index (χ0v) is 16.1. The number of nitrogens with zero attached hydrogens (tertiary/aromatic N) is 1. The summed E-state index contributed by atoms with van der Waals surface area (Å²) in [4.78, 5) is 14.7. The Labute approximate surface area is 155 Å². The maximum absolute atomic E-state index is 13.0. The van der Waals surface area contributed by atoms with Crippen molar-refractivity contribution in [1.82, 2.24) is 4.90 Å². The van der Waals surface area contributed by atoms with Crippen LogP contribution in [-0.4, -0.2) is 38.2 Å². The van der Waals surface area contributed by atoms with E-state index in [1.54, 1.807) is 37.3 Å². The highest BCUT2D eigenvalue weighted by atomic mass is 16.5. The largest absolute Gasteiger partial charge is 0.496 e. The molecule has 0 aliphatic heterocycles. The molecule has 140 valence electrons. The molecule has 26 heavy (non-hydrogen) atoms. The molecule has 0 N–H and O–H groups in total. The Bertz CT molecular complexity index is 745. The van der Waals surface area contributed by atoms with Crippen LogP contribution in [0.2, 0.25) is 0 Å². The van der Waals surface area contributed by atoms with Crippen LogP contribution >= 0.6 is 0 Å². The molecule has 2 aromatic rings. The van der Waals surface area contributed by atoms with Crippen molar-refractivity contribution in [3.05, 3.63) is 53.6 Å². The number of ether oxygens (including phenoxy) is 3. The van der Waals surface area contributed by atoms with Crippen LogP contribution in [0.25, 0.3) is 0 Å². The SMILES string of the molecule is CCOc1ccc(C(=O)N(C)C(C)c2ccccc2OC)cc1OCC. The van der Waals surface area contributed by atoms with Gasteiger partial charge in [-0.1, -0.05) is 18.2 Å². The smallest absolute Gasteiger partial charge is 0.254 e. The van der Waals surface area contributed by atoms with E-state index >= 15 is 0 Å². The molecular weight excluding hydrogens is 330 g/mol. The van der Waals surface area contributed by atoms with Crippen molar-refractivity contribution in [2.24, 2.45) is 0 Å². The molecule has 0 saturated carbocycles. The fourth-order valence-electron chi connectivity index (χ4n) is 2.78. The molecule has 0 radical (unpaired) electrons. The molecule has 2 rings (SSSR count). The quantitative estimate of drug-likeness (QED) is 0.706. The second-order valence-corrected chi connectivity index (χ2v) is 5.86. The van der Waals surface area contributed by atoms with Crippen LogP contribution in [0, 0.1) is 0 Å². The Kier molecular flexibility index (Phi) is 6.89. The van der Waals surface area contributed by atoms with Gasteiger partial charge in [0.15, 0.2) is 11.5 Å². The molecule has 0 spiro atoms. The lowest BCUT2D eigenvalue weighted by Crippen LogP contribution is -2.30. The maximum Gasteiger partial charge on any atom is 0.254 e. The van der Waals surface area contributed by atoms with Gasteiger partial charge in [0.05, 0.1) is 26.4 Å². The van der Waals surface area contributed by atoms with Gasteiger partial charge in [-0.3, -0.25) is 4.79 Å². The Morgan fingerprint density at radius 2 is 1.65 bits per heavy atom. The van der Waals surface area contributed by atoms with Crippen LogP contribution in [0.4, 0.5) is 0 Å². The van der Waals surface area contributed by atoms with Crippen molar-refractivity contribution >= 4 is 5.91 Å². The first kappa shape index (κ1) is 19.6. The van der Waals surface area contributed by atoms with Gasteiger partial charge >= 0.3 is 0 Å². The van der Waals surface area contributed by atoms with Crippen LogP contribution in [0.1, 0.15) is 42.7 Å². The first-order valence-electron chi connectivity index (χ1n) is 8.83. The van der Waals surface area contributed by atoms with E-state index < -0.39 is 0 Å². The molecule has 0 aliphatic rings. The van der Waals surface area contributed by atoms with E-state index in [-0.39, 0.29) is 11.9 Å². The van der Waals surface area contributed by atoms with E-state index in [4.69, 9.17) is 14.2 Å². The standard InChI is InChI=1S/C21H27NO4/c1-6-25-19-13-12-16(14-20(19)26-7-2)21(23)22(4)15(3)17-10-8-9-11-18(17)24-5/h8-15H,6-7H2,1-5H3. The van der Waals surface area contributed by atoms with Gasteiger partial charge in [-0.15, -0.1) is 0 Å². The zero-order chi connectivity index (χ0) is 19.1. The van der Waals surface area contributed by atoms with Crippen molar-refractivity contribution in [1.29, 1.82) is 0 Å². The fraction of sp³-hybridized carbons (Fsp3) is 0.381. The summed E-state index contributed by atoms with van der Waals surface area (Å²) in [5, 5.41) is 0. The van der Waals surface area contributed by atoms with Gasteiger partial charge in [-0.25, -0.2) is 0 Å². The monoisotopic (exact) mass is 357 g/mol. The minimum absolute atomic E-state index is 0.0904. The molecule has 1 atom stereocenters. The second kappa shape index (κ2) is 9.13. The van der Waals surface area contributed by atoms with Gasteiger partial charge in [0, 0.05) is 18.2 Å². The van der Waals surface area contributed by atoms with Crippen molar-refractivity contribution < 1.29 is 19.0 Å². The molecule has 5 nitrogen and oxygen atoms in total. The van der Waals surface area contributed by atoms with Gasteiger partial charge < -0.3 is 19.1 Å². The first-order valence-corrected chi connectivity index (χ1v) is 8.83. The van der Waals surface area contributed by atoms with E-state index in [0.717, 1.165) is 11.3 Å². The molecule has 0 saturated heterocycles. The van der Waals surface area contributed by atoms with E-state index in [0.29, 0.717) is 30.3 Å².